The number of amides is 1. The maximum Gasteiger partial charge on any atom is 0.222 e. The van der Waals surface area contributed by atoms with Crippen LogP contribution in [0.25, 0.3) is 20.8 Å². The van der Waals surface area contributed by atoms with Crippen LogP contribution in [0.5, 0.6) is 0 Å². The second kappa shape index (κ2) is 6.21. The molecule has 3 aromatic rings. The van der Waals surface area contributed by atoms with Crippen LogP contribution in [0.1, 0.15) is 6.92 Å². The smallest absolute Gasteiger partial charge is 0.222 e. The minimum absolute atomic E-state index is 0.191. The molecule has 1 amide bonds. The van der Waals surface area contributed by atoms with Crippen molar-refractivity contribution in [2.75, 3.05) is 5.32 Å². The number of nitrogens with zero attached hydrogens (tertiary/aromatic N) is 1. The van der Waals surface area contributed by atoms with Crippen molar-refractivity contribution in [3.8, 4) is 10.6 Å². The number of rotatable bonds is 2. The van der Waals surface area contributed by atoms with Gasteiger partial charge in [-0.1, -0.05) is 12.1 Å². The summed E-state index contributed by atoms with van der Waals surface area (Å²) >= 11 is 6.69. The fourth-order valence-electron chi connectivity index (χ4n) is 2.01. The average molecular weight is 327 g/mol. The maximum absolute atomic E-state index is 10.9. The first-order chi connectivity index (χ1) is 10.6. The zero-order valence-corrected chi connectivity index (χ0v) is 13.4. The molecule has 0 fully saturated rings. The molecule has 0 saturated carbocycles. The van der Waals surface area contributed by atoms with E-state index in [1.54, 1.807) is 11.3 Å². The summed E-state index contributed by atoms with van der Waals surface area (Å²) < 4.78 is 1.17. The highest BCUT2D eigenvalue weighted by Crippen LogP contribution is 2.30. The van der Waals surface area contributed by atoms with Crippen LogP contribution in [0.3, 0.4) is 0 Å². The van der Waals surface area contributed by atoms with Gasteiger partial charge >= 0.3 is 0 Å². The van der Waals surface area contributed by atoms with E-state index in [4.69, 9.17) is 12.2 Å². The Morgan fingerprint density at radius 2 is 1.86 bits per heavy atom. The minimum Gasteiger partial charge on any atom is -0.332 e. The van der Waals surface area contributed by atoms with Crippen LogP contribution < -0.4 is 10.6 Å². The molecule has 0 spiro atoms. The van der Waals surface area contributed by atoms with Crippen molar-refractivity contribution in [2.24, 2.45) is 0 Å². The first-order valence-electron chi connectivity index (χ1n) is 6.66. The Hall–Kier alpha value is -2.31. The van der Waals surface area contributed by atoms with Crippen LogP contribution in [0.4, 0.5) is 5.69 Å². The van der Waals surface area contributed by atoms with Crippen LogP contribution in [0.15, 0.2) is 48.5 Å². The van der Waals surface area contributed by atoms with Gasteiger partial charge in [0.25, 0.3) is 0 Å². The maximum atomic E-state index is 10.9. The second-order valence-corrected chi connectivity index (χ2v) is 6.14. The van der Waals surface area contributed by atoms with Gasteiger partial charge in [0.1, 0.15) is 5.01 Å². The third-order valence-electron chi connectivity index (χ3n) is 2.97. The predicted molar refractivity (Wildman–Crippen MR) is 95.1 cm³/mol. The lowest BCUT2D eigenvalue weighted by Gasteiger charge is -2.08. The van der Waals surface area contributed by atoms with Gasteiger partial charge < -0.3 is 10.6 Å². The molecule has 6 heteroatoms. The number of carbonyl (C=O) groups excluding carboxylic acids is 1. The van der Waals surface area contributed by atoms with Gasteiger partial charge in [-0.05, 0) is 48.6 Å². The van der Waals surface area contributed by atoms with Crippen molar-refractivity contribution < 1.29 is 4.79 Å². The molecule has 0 saturated heterocycles. The van der Waals surface area contributed by atoms with E-state index in [9.17, 15) is 4.79 Å². The number of para-hydroxylation sites is 1. The minimum atomic E-state index is -0.191. The predicted octanol–water partition coefficient (Wildman–Crippen LogP) is 3.80. The van der Waals surface area contributed by atoms with Gasteiger partial charge in [0.15, 0.2) is 5.11 Å². The number of carbonyl (C=O) groups is 1. The summed E-state index contributed by atoms with van der Waals surface area (Å²) in [5.74, 6) is -0.191. The largest absolute Gasteiger partial charge is 0.332 e. The normalized spacial score (nSPS) is 10.4. The molecule has 4 nitrogen and oxygen atoms in total. The molecule has 0 aliphatic carbocycles. The van der Waals surface area contributed by atoms with Gasteiger partial charge in [0.05, 0.1) is 10.2 Å². The van der Waals surface area contributed by atoms with Crippen molar-refractivity contribution in [3.63, 3.8) is 0 Å². The molecule has 2 N–H and O–H groups in total. The highest BCUT2D eigenvalue weighted by atomic mass is 32.1. The first kappa shape index (κ1) is 14.6. The van der Waals surface area contributed by atoms with E-state index in [0.29, 0.717) is 5.11 Å². The van der Waals surface area contributed by atoms with Crippen molar-refractivity contribution in [1.82, 2.24) is 10.3 Å². The van der Waals surface area contributed by atoms with Crippen LogP contribution in [-0.2, 0) is 4.79 Å². The Labute approximate surface area is 137 Å². The van der Waals surface area contributed by atoms with Crippen molar-refractivity contribution >= 4 is 50.5 Å². The first-order valence-corrected chi connectivity index (χ1v) is 7.89. The number of thiazole rings is 1. The molecular weight excluding hydrogens is 314 g/mol. The number of fused-ring (bicyclic) bond motifs is 1. The molecule has 2 aromatic carbocycles. The number of thiocarbonyl (C=S) groups is 1. The number of aromatic nitrogens is 1. The molecule has 22 heavy (non-hydrogen) atoms. The van der Waals surface area contributed by atoms with Crippen LogP contribution in [0, 0.1) is 0 Å². The lowest BCUT2D eigenvalue weighted by atomic mass is 10.2. The molecule has 0 unspecified atom stereocenters. The fourth-order valence-corrected chi connectivity index (χ4v) is 3.25. The van der Waals surface area contributed by atoms with E-state index in [2.05, 4.69) is 21.7 Å². The zero-order valence-electron chi connectivity index (χ0n) is 11.8. The summed E-state index contributed by atoms with van der Waals surface area (Å²) in [7, 11) is 0. The quantitative estimate of drug-likeness (QED) is 0.703. The highest BCUT2D eigenvalue weighted by Gasteiger charge is 2.06. The lowest BCUT2D eigenvalue weighted by Crippen LogP contribution is -2.32. The highest BCUT2D eigenvalue weighted by molar-refractivity contribution is 7.80. The Bertz CT molecular complexity index is 807. The molecule has 110 valence electrons. The molecule has 0 aliphatic rings. The van der Waals surface area contributed by atoms with E-state index in [0.717, 1.165) is 21.8 Å². The van der Waals surface area contributed by atoms with E-state index < -0.39 is 0 Å². The van der Waals surface area contributed by atoms with Gasteiger partial charge in [0, 0.05) is 18.2 Å². The second-order valence-electron chi connectivity index (χ2n) is 4.70. The standard InChI is InChI=1S/C16H13N3OS2/c1-10(20)17-16(21)18-12-8-6-11(7-9-12)15-19-13-4-2-3-5-14(13)22-15/h2-9H,1H3,(H2,17,18,20,21). The number of anilines is 1. The summed E-state index contributed by atoms with van der Waals surface area (Å²) in [6.07, 6.45) is 0. The third kappa shape index (κ3) is 3.29. The summed E-state index contributed by atoms with van der Waals surface area (Å²) in [4.78, 5) is 15.6. The third-order valence-corrected chi connectivity index (χ3v) is 4.26. The zero-order chi connectivity index (χ0) is 15.5. The summed E-state index contributed by atoms with van der Waals surface area (Å²) in [6, 6.07) is 15.9. The Kier molecular flexibility index (Phi) is 4.13. The summed E-state index contributed by atoms with van der Waals surface area (Å²) in [6.45, 7) is 1.42. The van der Waals surface area contributed by atoms with Gasteiger partial charge in [-0.25, -0.2) is 4.98 Å². The molecular formula is C16H13N3OS2. The van der Waals surface area contributed by atoms with Gasteiger partial charge in [-0.3, -0.25) is 4.79 Å². The molecule has 0 atom stereocenters. The van der Waals surface area contributed by atoms with Crippen LogP contribution in [-0.4, -0.2) is 16.0 Å². The van der Waals surface area contributed by atoms with Crippen LogP contribution >= 0.6 is 23.6 Å². The number of hydrogen-bond acceptors (Lipinski definition) is 4. The van der Waals surface area contributed by atoms with Gasteiger partial charge in [0.2, 0.25) is 5.91 Å². The molecule has 0 aliphatic heterocycles. The van der Waals surface area contributed by atoms with E-state index in [1.165, 1.54) is 11.6 Å². The number of nitrogens with one attached hydrogen (secondary N) is 2. The molecule has 0 radical (unpaired) electrons. The topological polar surface area (TPSA) is 54.0 Å². The Morgan fingerprint density at radius 1 is 1.14 bits per heavy atom. The van der Waals surface area contributed by atoms with Crippen molar-refractivity contribution in [2.45, 2.75) is 6.92 Å². The molecule has 1 heterocycles. The Morgan fingerprint density at radius 3 is 2.55 bits per heavy atom. The fraction of sp³-hybridized carbons (Fsp3) is 0.0625. The van der Waals surface area contributed by atoms with E-state index >= 15 is 0 Å². The lowest BCUT2D eigenvalue weighted by molar-refractivity contribution is -0.117. The van der Waals surface area contributed by atoms with E-state index in [-0.39, 0.29) is 5.91 Å². The molecule has 1 aromatic heterocycles. The molecule has 0 bridgehead atoms. The van der Waals surface area contributed by atoms with Crippen LogP contribution in [0.2, 0.25) is 0 Å². The average Bonchev–Trinajstić information content (AvgIpc) is 2.91. The van der Waals surface area contributed by atoms with E-state index in [1.807, 2.05) is 42.5 Å². The van der Waals surface area contributed by atoms with Crippen molar-refractivity contribution in [1.29, 1.82) is 0 Å². The molecule has 3 rings (SSSR count). The number of hydrogen-bond donors (Lipinski definition) is 2. The Balaban J connectivity index is 1.79. The monoisotopic (exact) mass is 327 g/mol. The summed E-state index contributed by atoms with van der Waals surface area (Å²) in [5.41, 5.74) is 2.89. The SMILES string of the molecule is CC(=O)NC(=S)Nc1ccc(-c2nc3ccccc3s2)cc1. The van der Waals surface area contributed by atoms with Gasteiger partial charge in [-0.2, -0.15) is 0 Å². The number of benzene rings is 2. The van der Waals surface area contributed by atoms with Crippen molar-refractivity contribution in [3.05, 3.63) is 48.5 Å². The summed E-state index contributed by atoms with van der Waals surface area (Å²) in [5, 5.41) is 6.76. The van der Waals surface area contributed by atoms with Gasteiger partial charge in [-0.15, -0.1) is 11.3 Å².